The van der Waals surface area contributed by atoms with Crippen LogP contribution in [0.1, 0.15) is 11.1 Å². The number of carbonyl (C=O) groups excluding carboxylic acids is 1. The van der Waals surface area contributed by atoms with E-state index in [-0.39, 0.29) is 16.6 Å². The zero-order valence-corrected chi connectivity index (χ0v) is 13.0. The Morgan fingerprint density at radius 3 is 2.50 bits per heavy atom. The third-order valence-corrected chi connectivity index (χ3v) is 4.78. The summed E-state index contributed by atoms with van der Waals surface area (Å²) in [5.74, 6) is -0.284. The van der Waals surface area contributed by atoms with Crippen molar-refractivity contribution in [1.82, 2.24) is 5.32 Å². The molecule has 2 aromatic rings. The molecule has 1 amide bonds. The minimum atomic E-state index is -3.41. The Morgan fingerprint density at radius 2 is 1.82 bits per heavy atom. The maximum Gasteiger partial charge on any atom is 0.243 e. The van der Waals surface area contributed by atoms with Crippen LogP contribution in [0.25, 0.3) is 6.08 Å². The summed E-state index contributed by atoms with van der Waals surface area (Å²) in [4.78, 5) is 11.4. The second-order valence-electron chi connectivity index (χ2n) is 4.76. The zero-order chi connectivity index (χ0) is 16.0. The number of carbonyl (C=O) groups is 1. The van der Waals surface area contributed by atoms with Crippen LogP contribution >= 0.6 is 0 Å². The standard InChI is InChI=1S/C17H17NO3S/c1-18-17(19)11-10-14-8-5-9-16(12-14)22(20,21)13-15-6-3-2-4-7-15/h2-12H,13H2,1H3,(H,18,19)/b11-10+. The summed E-state index contributed by atoms with van der Waals surface area (Å²) in [6.07, 6.45) is 2.95. The molecule has 22 heavy (non-hydrogen) atoms. The van der Waals surface area contributed by atoms with Crippen LogP contribution in [0.2, 0.25) is 0 Å². The van der Waals surface area contributed by atoms with Gasteiger partial charge < -0.3 is 5.32 Å². The van der Waals surface area contributed by atoms with Gasteiger partial charge in [-0.2, -0.15) is 0 Å². The quantitative estimate of drug-likeness (QED) is 0.862. The molecule has 5 heteroatoms. The van der Waals surface area contributed by atoms with Gasteiger partial charge in [0.1, 0.15) is 0 Å². The molecule has 0 radical (unpaired) electrons. The highest BCUT2D eigenvalue weighted by Gasteiger charge is 2.15. The molecule has 0 saturated heterocycles. The first-order chi connectivity index (χ1) is 10.5. The molecular weight excluding hydrogens is 298 g/mol. The fourth-order valence-electron chi connectivity index (χ4n) is 1.94. The molecule has 0 aliphatic carbocycles. The van der Waals surface area contributed by atoms with Gasteiger partial charge in [0.25, 0.3) is 0 Å². The van der Waals surface area contributed by atoms with Crippen molar-refractivity contribution < 1.29 is 13.2 Å². The van der Waals surface area contributed by atoms with Gasteiger partial charge in [-0.25, -0.2) is 8.42 Å². The Morgan fingerprint density at radius 1 is 1.09 bits per heavy atom. The van der Waals surface area contributed by atoms with Crippen molar-refractivity contribution in [2.45, 2.75) is 10.6 Å². The lowest BCUT2D eigenvalue weighted by Crippen LogP contribution is -2.13. The monoisotopic (exact) mass is 315 g/mol. The van der Waals surface area contributed by atoms with Crippen LogP contribution in [0.15, 0.2) is 65.6 Å². The van der Waals surface area contributed by atoms with Crippen molar-refractivity contribution in [2.75, 3.05) is 7.05 Å². The van der Waals surface area contributed by atoms with Gasteiger partial charge in [0, 0.05) is 13.1 Å². The van der Waals surface area contributed by atoms with Crippen LogP contribution in [-0.4, -0.2) is 21.4 Å². The minimum absolute atomic E-state index is 0.0452. The summed E-state index contributed by atoms with van der Waals surface area (Å²) in [5.41, 5.74) is 1.41. The van der Waals surface area contributed by atoms with Gasteiger partial charge in [0.05, 0.1) is 10.6 Å². The molecule has 0 aliphatic heterocycles. The number of hydrogen-bond donors (Lipinski definition) is 1. The van der Waals surface area contributed by atoms with Gasteiger partial charge >= 0.3 is 0 Å². The van der Waals surface area contributed by atoms with E-state index in [1.54, 1.807) is 42.5 Å². The Labute approximate surface area is 130 Å². The van der Waals surface area contributed by atoms with Crippen LogP contribution in [0.5, 0.6) is 0 Å². The van der Waals surface area contributed by atoms with Crippen molar-refractivity contribution in [3.63, 3.8) is 0 Å². The van der Waals surface area contributed by atoms with E-state index < -0.39 is 9.84 Å². The van der Waals surface area contributed by atoms with Gasteiger partial charge in [0.15, 0.2) is 9.84 Å². The Bertz CT molecular complexity index is 781. The maximum atomic E-state index is 12.4. The van der Waals surface area contributed by atoms with E-state index in [0.29, 0.717) is 5.56 Å². The molecule has 0 spiro atoms. The summed E-state index contributed by atoms with van der Waals surface area (Å²) >= 11 is 0. The van der Waals surface area contributed by atoms with Crippen LogP contribution in [0.3, 0.4) is 0 Å². The molecule has 0 fully saturated rings. The van der Waals surface area contributed by atoms with Gasteiger partial charge in [0.2, 0.25) is 5.91 Å². The van der Waals surface area contributed by atoms with Crippen LogP contribution in [0.4, 0.5) is 0 Å². The van der Waals surface area contributed by atoms with E-state index in [1.165, 1.54) is 13.1 Å². The fraction of sp³-hybridized carbons (Fsp3) is 0.118. The Hall–Kier alpha value is -2.40. The average Bonchev–Trinajstić information content (AvgIpc) is 2.53. The second-order valence-corrected chi connectivity index (χ2v) is 6.75. The third-order valence-electron chi connectivity index (χ3n) is 3.09. The molecule has 0 aromatic heterocycles. The maximum absolute atomic E-state index is 12.4. The highest BCUT2D eigenvalue weighted by Crippen LogP contribution is 2.18. The number of likely N-dealkylation sites (N-methyl/N-ethyl adjacent to an activating group) is 1. The number of rotatable bonds is 5. The third kappa shape index (κ3) is 4.30. The van der Waals surface area contributed by atoms with Crippen molar-refractivity contribution in [3.05, 3.63) is 71.8 Å². The molecule has 0 aliphatic rings. The van der Waals surface area contributed by atoms with E-state index in [0.717, 1.165) is 5.56 Å². The van der Waals surface area contributed by atoms with Crippen LogP contribution in [-0.2, 0) is 20.4 Å². The number of benzene rings is 2. The summed E-state index contributed by atoms with van der Waals surface area (Å²) in [6, 6.07) is 15.6. The first-order valence-electron chi connectivity index (χ1n) is 6.78. The molecule has 0 atom stereocenters. The summed E-state index contributed by atoms with van der Waals surface area (Å²) in [5, 5.41) is 2.47. The van der Waals surface area contributed by atoms with E-state index in [9.17, 15) is 13.2 Å². The van der Waals surface area contributed by atoms with Gasteiger partial charge in [-0.1, -0.05) is 42.5 Å². The van der Waals surface area contributed by atoms with E-state index in [2.05, 4.69) is 5.32 Å². The highest BCUT2D eigenvalue weighted by atomic mass is 32.2. The first-order valence-corrected chi connectivity index (χ1v) is 8.43. The SMILES string of the molecule is CNC(=O)/C=C/c1cccc(S(=O)(=O)Cc2ccccc2)c1. The predicted octanol–water partition coefficient (Wildman–Crippen LogP) is 2.42. The van der Waals surface area contributed by atoms with Crippen LogP contribution < -0.4 is 5.32 Å². The van der Waals surface area contributed by atoms with Crippen molar-refractivity contribution in [1.29, 1.82) is 0 Å². The van der Waals surface area contributed by atoms with Crippen molar-refractivity contribution in [2.24, 2.45) is 0 Å². The summed E-state index contributed by atoms with van der Waals surface area (Å²) < 4.78 is 24.9. The molecular formula is C17H17NO3S. The minimum Gasteiger partial charge on any atom is -0.356 e. The molecule has 0 unspecified atom stereocenters. The summed E-state index contributed by atoms with van der Waals surface area (Å²) in [6.45, 7) is 0. The molecule has 0 saturated carbocycles. The fourth-order valence-corrected chi connectivity index (χ4v) is 3.34. The van der Waals surface area contributed by atoms with Gasteiger partial charge in [-0.05, 0) is 29.3 Å². The first kappa shape index (κ1) is 16.0. The lowest BCUT2D eigenvalue weighted by atomic mass is 10.2. The normalized spacial score (nSPS) is 11.5. The summed E-state index contributed by atoms with van der Waals surface area (Å²) in [7, 11) is -1.88. The van der Waals surface area contributed by atoms with Crippen molar-refractivity contribution in [3.8, 4) is 0 Å². The number of hydrogen-bond acceptors (Lipinski definition) is 3. The van der Waals surface area contributed by atoms with Crippen LogP contribution in [0, 0.1) is 0 Å². The van der Waals surface area contributed by atoms with Gasteiger partial charge in [-0.3, -0.25) is 4.79 Å². The van der Waals surface area contributed by atoms with Crippen molar-refractivity contribution >= 4 is 21.8 Å². The molecule has 1 N–H and O–H groups in total. The molecule has 2 aromatic carbocycles. The smallest absolute Gasteiger partial charge is 0.243 e. The largest absolute Gasteiger partial charge is 0.356 e. The van der Waals surface area contributed by atoms with E-state index >= 15 is 0 Å². The lowest BCUT2D eigenvalue weighted by Gasteiger charge is -2.05. The molecule has 2 rings (SSSR count). The molecule has 114 valence electrons. The predicted molar refractivity (Wildman–Crippen MR) is 86.9 cm³/mol. The Balaban J connectivity index is 2.25. The second kappa shape index (κ2) is 7.04. The highest BCUT2D eigenvalue weighted by molar-refractivity contribution is 7.90. The lowest BCUT2D eigenvalue weighted by molar-refractivity contribution is -0.115. The zero-order valence-electron chi connectivity index (χ0n) is 12.2. The topological polar surface area (TPSA) is 63.2 Å². The Kier molecular flexibility index (Phi) is 5.12. The number of amides is 1. The number of sulfone groups is 1. The molecule has 0 heterocycles. The molecule has 4 nitrogen and oxygen atoms in total. The van der Waals surface area contributed by atoms with E-state index in [4.69, 9.17) is 0 Å². The molecule has 0 bridgehead atoms. The van der Waals surface area contributed by atoms with Gasteiger partial charge in [-0.15, -0.1) is 0 Å². The average molecular weight is 315 g/mol. The number of nitrogens with one attached hydrogen (secondary N) is 1. The van der Waals surface area contributed by atoms with E-state index in [1.807, 2.05) is 18.2 Å².